The van der Waals surface area contributed by atoms with Crippen molar-refractivity contribution >= 4 is 17.5 Å². The summed E-state index contributed by atoms with van der Waals surface area (Å²) in [5.74, 6) is -3.40. The van der Waals surface area contributed by atoms with Crippen molar-refractivity contribution in [2.24, 2.45) is 5.73 Å². The van der Waals surface area contributed by atoms with Gasteiger partial charge in [-0.3, -0.25) is 14.0 Å². The first-order valence-electron chi connectivity index (χ1n) is 11.7. The second-order valence-electron chi connectivity index (χ2n) is 9.48. The van der Waals surface area contributed by atoms with Crippen LogP contribution in [0.2, 0.25) is 0 Å². The van der Waals surface area contributed by atoms with Crippen LogP contribution in [0.1, 0.15) is 28.7 Å². The van der Waals surface area contributed by atoms with E-state index in [0.29, 0.717) is 0 Å². The largest absolute Gasteiger partial charge is 0.489 e. The van der Waals surface area contributed by atoms with Crippen molar-refractivity contribution in [2.75, 3.05) is 13.2 Å². The highest BCUT2D eigenvalue weighted by molar-refractivity contribution is 5.93. The molecule has 1 aliphatic heterocycles. The topological polar surface area (TPSA) is 132 Å². The first kappa shape index (κ1) is 27.0. The number of imidazole rings is 1. The fourth-order valence-electron chi connectivity index (χ4n) is 4.36. The Morgan fingerprint density at radius 3 is 2.48 bits per heavy atom. The van der Waals surface area contributed by atoms with E-state index in [1.165, 1.54) is 25.1 Å². The number of nitrogens with two attached hydrogens (primary N) is 1. The molecule has 208 valence electrons. The van der Waals surface area contributed by atoms with Crippen molar-refractivity contribution in [3.05, 3.63) is 83.4 Å². The van der Waals surface area contributed by atoms with Gasteiger partial charge in [-0.1, -0.05) is 0 Å². The number of amides is 2. The molecular weight excluding hydrogens is 541 g/mol. The molecule has 0 fully saturated rings. The molecule has 1 aromatic carbocycles. The molecule has 2 amide bonds. The second kappa shape index (κ2) is 9.26. The minimum absolute atomic E-state index is 0.0574. The molecule has 1 aliphatic rings. The van der Waals surface area contributed by atoms with Crippen LogP contribution in [0.4, 0.5) is 22.0 Å². The number of primary amides is 1. The Morgan fingerprint density at radius 2 is 1.82 bits per heavy atom. The summed E-state index contributed by atoms with van der Waals surface area (Å²) in [6.07, 6.45) is -3.43. The molecule has 4 heterocycles. The molecule has 5 rings (SSSR count). The zero-order chi connectivity index (χ0) is 29.0. The quantitative estimate of drug-likeness (QED) is 0.310. The lowest BCUT2D eigenvalue weighted by molar-refractivity contribution is -0.265. The van der Waals surface area contributed by atoms with E-state index in [0.717, 1.165) is 41.1 Å². The Bertz CT molecular complexity index is 1660. The van der Waals surface area contributed by atoms with Crippen LogP contribution in [0.25, 0.3) is 16.9 Å². The summed E-state index contributed by atoms with van der Waals surface area (Å²) in [7, 11) is 0. The number of carbonyl (C=O) groups is 2. The number of nitrogens with one attached hydrogen (secondary N) is 1. The first-order chi connectivity index (χ1) is 18.7. The van der Waals surface area contributed by atoms with Gasteiger partial charge in [0.25, 0.3) is 5.91 Å². The Labute approximate surface area is 222 Å². The van der Waals surface area contributed by atoms with Crippen LogP contribution in [-0.2, 0) is 15.8 Å². The molecule has 4 aromatic rings. The highest BCUT2D eigenvalue weighted by atomic mass is 19.4. The Kier molecular flexibility index (Phi) is 6.25. The smallest absolute Gasteiger partial charge is 0.424 e. The van der Waals surface area contributed by atoms with Crippen molar-refractivity contribution in [2.45, 2.75) is 24.1 Å². The molecule has 14 heteroatoms. The molecule has 0 bridgehead atoms. The normalized spacial score (nSPS) is 18.2. The van der Waals surface area contributed by atoms with Gasteiger partial charge in [-0.15, -0.1) is 0 Å². The number of carbonyl (C=O) groups excluding carboxylic acids is 2. The maximum atomic E-state index is 14.5. The highest BCUT2D eigenvalue weighted by Crippen LogP contribution is 2.47. The van der Waals surface area contributed by atoms with Crippen molar-refractivity contribution < 1.29 is 41.4 Å². The lowest BCUT2D eigenvalue weighted by atomic mass is 9.81. The van der Waals surface area contributed by atoms with Gasteiger partial charge in [-0.25, -0.2) is 18.7 Å². The van der Waals surface area contributed by atoms with Gasteiger partial charge in [0.15, 0.2) is 0 Å². The van der Waals surface area contributed by atoms with Gasteiger partial charge in [0.05, 0.1) is 18.4 Å². The van der Waals surface area contributed by atoms with E-state index in [1.807, 2.05) is 5.32 Å². The van der Waals surface area contributed by atoms with Crippen LogP contribution in [0, 0.1) is 11.6 Å². The predicted octanol–water partition coefficient (Wildman–Crippen LogP) is 2.99. The molecule has 0 aliphatic carbocycles. The van der Waals surface area contributed by atoms with Gasteiger partial charge in [0, 0.05) is 17.3 Å². The number of rotatable bonds is 6. The molecule has 0 saturated heterocycles. The summed E-state index contributed by atoms with van der Waals surface area (Å²) in [5.41, 5.74) is -1.07. The number of pyridine rings is 2. The minimum Gasteiger partial charge on any atom is -0.489 e. The van der Waals surface area contributed by atoms with Crippen molar-refractivity contribution in [3.63, 3.8) is 0 Å². The fraction of sp³-hybridized carbons (Fsp3) is 0.231. The number of fused-ring (bicyclic) bond motifs is 2. The predicted molar refractivity (Wildman–Crippen MR) is 129 cm³/mol. The standard InChI is InChI=1S/C26H20F5N5O4/c1-24(23(32)38)12-40-21-16(24)8-18(35-20(21)13-2-4-14(27)5-3-13)25(39,26(29,30)31)11-34-22(37)17-9-33-19-7-6-15(28)10-36(17)19/h2-10,39H,11-12H2,1H3,(H2,32,38)(H,34,37)/t24-,25?/m0/s1. The number of ether oxygens (including phenoxy) is 1. The van der Waals surface area contributed by atoms with Gasteiger partial charge in [0.1, 0.15) is 46.4 Å². The summed E-state index contributed by atoms with van der Waals surface area (Å²) >= 11 is 0. The lowest BCUT2D eigenvalue weighted by Crippen LogP contribution is -2.52. The van der Waals surface area contributed by atoms with Crippen LogP contribution in [-0.4, -0.2) is 50.6 Å². The van der Waals surface area contributed by atoms with Gasteiger partial charge in [-0.2, -0.15) is 13.2 Å². The number of benzene rings is 1. The molecule has 4 N–H and O–H groups in total. The summed E-state index contributed by atoms with van der Waals surface area (Å²) < 4.78 is 77.4. The fourth-order valence-corrected chi connectivity index (χ4v) is 4.36. The Morgan fingerprint density at radius 1 is 1.15 bits per heavy atom. The molecule has 0 spiro atoms. The zero-order valence-electron chi connectivity index (χ0n) is 20.6. The van der Waals surface area contributed by atoms with Crippen LogP contribution >= 0.6 is 0 Å². The Hall–Kier alpha value is -4.59. The molecule has 3 aromatic heterocycles. The molecule has 0 saturated carbocycles. The SMILES string of the molecule is C[C@]1(C(N)=O)COc2c1cc(C(O)(CNC(=O)c1cnc3ccc(F)cn13)C(F)(F)F)nc2-c1ccc(F)cc1. The molecule has 2 atom stereocenters. The van der Waals surface area contributed by atoms with E-state index in [-0.39, 0.29) is 40.5 Å². The number of alkyl halides is 3. The van der Waals surface area contributed by atoms with Crippen LogP contribution < -0.4 is 15.8 Å². The Balaban J connectivity index is 1.60. The molecular formula is C26H20F5N5O4. The average molecular weight is 561 g/mol. The van der Waals surface area contributed by atoms with Crippen molar-refractivity contribution in [1.29, 1.82) is 0 Å². The third kappa shape index (κ3) is 4.29. The van der Waals surface area contributed by atoms with Gasteiger partial charge in [0.2, 0.25) is 11.5 Å². The van der Waals surface area contributed by atoms with Crippen molar-refractivity contribution in [3.8, 4) is 17.0 Å². The lowest BCUT2D eigenvalue weighted by Gasteiger charge is -2.31. The van der Waals surface area contributed by atoms with E-state index < -0.39 is 52.9 Å². The molecule has 9 nitrogen and oxygen atoms in total. The van der Waals surface area contributed by atoms with E-state index in [4.69, 9.17) is 10.5 Å². The minimum atomic E-state index is -5.39. The number of aliphatic hydroxyl groups is 1. The number of aromatic nitrogens is 3. The highest BCUT2D eigenvalue weighted by Gasteiger charge is 2.57. The van der Waals surface area contributed by atoms with E-state index in [9.17, 15) is 36.6 Å². The van der Waals surface area contributed by atoms with E-state index in [1.54, 1.807) is 0 Å². The number of hydrogen-bond donors (Lipinski definition) is 3. The zero-order valence-corrected chi connectivity index (χ0v) is 20.6. The molecule has 0 radical (unpaired) electrons. The van der Waals surface area contributed by atoms with Crippen LogP contribution in [0.15, 0.2) is 54.9 Å². The second-order valence-corrected chi connectivity index (χ2v) is 9.48. The summed E-state index contributed by atoms with van der Waals surface area (Å²) in [6, 6.07) is 7.78. The number of hydrogen-bond acceptors (Lipinski definition) is 6. The summed E-state index contributed by atoms with van der Waals surface area (Å²) in [4.78, 5) is 33.1. The summed E-state index contributed by atoms with van der Waals surface area (Å²) in [5, 5.41) is 13.1. The van der Waals surface area contributed by atoms with E-state index >= 15 is 0 Å². The first-order valence-corrected chi connectivity index (χ1v) is 11.7. The third-order valence-corrected chi connectivity index (χ3v) is 6.83. The van der Waals surface area contributed by atoms with Crippen molar-refractivity contribution in [1.82, 2.24) is 19.7 Å². The van der Waals surface area contributed by atoms with Gasteiger partial charge >= 0.3 is 6.18 Å². The number of halogens is 5. The average Bonchev–Trinajstić information content (AvgIpc) is 3.48. The number of nitrogens with zero attached hydrogens (tertiary/aromatic N) is 3. The maximum Gasteiger partial charge on any atom is 0.424 e. The van der Waals surface area contributed by atoms with Crippen LogP contribution in [0.5, 0.6) is 5.75 Å². The summed E-state index contributed by atoms with van der Waals surface area (Å²) in [6.45, 7) is -0.374. The maximum absolute atomic E-state index is 14.5. The van der Waals surface area contributed by atoms with Gasteiger partial charge in [-0.05, 0) is 49.4 Å². The monoisotopic (exact) mass is 561 g/mol. The van der Waals surface area contributed by atoms with E-state index in [2.05, 4.69) is 9.97 Å². The third-order valence-electron chi connectivity index (χ3n) is 6.83. The molecule has 1 unspecified atom stereocenters. The van der Waals surface area contributed by atoms with Crippen LogP contribution in [0.3, 0.4) is 0 Å². The molecule has 40 heavy (non-hydrogen) atoms. The van der Waals surface area contributed by atoms with Gasteiger partial charge < -0.3 is 20.9 Å².